The van der Waals surface area contributed by atoms with Gasteiger partial charge in [0, 0.05) is 6.21 Å². The summed E-state index contributed by atoms with van der Waals surface area (Å²) < 4.78 is 5.63. The summed E-state index contributed by atoms with van der Waals surface area (Å²) in [5.74, 6) is 0.900. The third kappa shape index (κ3) is 3.70. The van der Waals surface area contributed by atoms with Crippen LogP contribution in [0.2, 0.25) is 0 Å². The molecule has 0 unspecified atom stereocenters. The number of nitrogens with zero attached hydrogens (tertiary/aromatic N) is 1. The number of hydrogen-bond donors (Lipinski definition) is 0. The highest BCUT2D eigenvalue weighted by Crippen LogP contribution is 2.21. The van der Waals surface area contributed by atoms with Gasteiger partial charge < -0.3 is 4.74 Å². The molecule has 0 aliphatic heterocycles. The highest BCUT2D eigenvalue weighted by Gasteiger charge is 1.98. The van der Waals surface area contributed by atoms with Gasteiger partial charge in [-0.15, -0.1) is 0 Å². The number of aliphatic imine (C=N–C) groups is 1. The van der Waals surface area contributed by atoms with E-state index in [9.17, 15) is 0 Å². The average molecular weight is 267 g/mol. The Balaban J connectivity index is 2.16. The SMILES string of the molecule is CCCOc1cccc(C=Nc2cccc(C)c2C)c1. The van der Waals surface area contributed by atoms with Crippen LogP contribution in [-0.4, -0.2) is 12.8 Å². The summed E-state index contributed by atoms with van der Waals surface area (Å²) in [7, 11) is 0. The zero-order chi connectivity index (χ0) is 14.4. The molecule has 2 heteroatoms. The van der Waals surface area contributed by atoms with Gasteiger partial charge in [0.2, 0.25) is 0 Å². The molecular formula is C18H21NO. The Morgan fingerprint density at radius 1 is 1.10 bits per heavy atom. The highest BCUT2D eigenvalue weighted by molar-refractivity contribution is 5.82. The molecule has 0 radical (unpaired) electrons. The van der Waals surface area contributed by atoms with Crippen LogP contribution in [0.25, 0.3) is 0 Å². The van der Waals surface area contributed by atoms with Gasteiger partial charge >= 0.3 is 0 Å². The van der Waals surface area contributed by atoms with Crippen LogP contribution in [0.3, 0.4) is 0 Å². The van der Waals surface area contributed by atoms with Gasteiger partial charge in [-0.2, -0.15) is 0 Å². The van der Waals surface area contributed by atoms with E-state index >= 15 is 0 Å². The molecule has 0 aliphatic rings. The normalized spacial score (nSPS) is 10.9. The van der Waals surface area contributed by atoms with Crippen molar-refractivity contribution >= 4 is 11.9 Å². The minimum absolute atomic E-state index is 0.748. The molecule has 0 fully saturated rings. The molecule has 2 aromatic rings. The smallest absolute Gasteiger partial charge is 0.119 e. The van der Waals surface area contributed by atoms with Crippen LogP contribution >= 0.6 is 0 Å². The Kier molecular flexibility index (Phi) is 4.94. The quantitative estimate of drug-likeness (QED) is 0.710. The van der Waals surface area contributed by atoms with E-state index in [1.807, 2.05) is 42.6 Å². The van der Waals surface area contributed by atoms with E-state index < -0.39 is 0 Å². The van der Waals surface area contributed by atoms with E-state index in [4.69, 9.17) is 4.74 Å². The van der Waals surface area contributed by atoms with Crippen LogP contribution in [0.15, 0.2) is 47.5 Å². The van der Waals surface area contributed by atoms with Crippen molar-refractivity contribution in [2.75, 3.05) is 6.61 Å². The van der Waals surface area contributed by atoms with Crippen molar-refractivity contribution in [2.24, 2.45) is 4.99 Å². The predicted octanol–water partition coefficient (Wildman–Crippen LogP) is 4.84. The van der Waals surface area contributed by atoms with E-state index in [-0.39, 0.29) is 0 Å². The molecule has 0 saturated heterocycles. The molecule has 2 aromatic carbocycles. The summed E-state index contributed by atoms with van der Waals surface area (Å²) in [6.07, 6.45) is 2.90. The Hall–Kier alpha value is -2.09. The zero-order valence-electron chi connectivity index (χ0n) is 12.4. The minimum Gasteiger partial charge on any atom is -0.494 e. The fourth-order valence-electron chi connectivity index (χ4n) is 1.92. The summed E-state index contributed by atoms with van der Waals surface area (Å²) in [5.41, 5.74) is 4.56. The van der Waals surface area contributed by atoms with Gasteiger partial charge in [-0.25, -0.2) is 0 Å². The van der Waals surface area contributed by atoms with Gasteiger partial charge in [-0.3, -0.25) is 4.99 Å². The predicted molar refractivity (Wildman–Crippen MR) is 85.4 cm³/mol. The van der Waals surface area contributed by atoms with Crippen molar-refractivity contribution in [3.8, 4) is 5.75 Å². The van der Waals surface area contributed by atoms with Crippen molar-refractivity contribution in [3.05, 3.63) is 59.2 Å². The average Bonchev–Trinajstić information content (AvgIpc) is 2.47. The van der Waals surface area contributed by atoms with Crippen LogP contribution in [0.1, 0.15) is 30.0 Å². The van der Waals surface area contributed by atoms with E-state index in [0.29, 0.717) is 0 Å². The van der Waals surface area contributed by atoms with Gasteiger partial charge in [0.15, 0.2) is 0 Å². The molecule has 2 nitrogen and oxygen atoms in total. The first kappa shape index (κ1) is 14.3. The maximum Gasteiger partial charge on any atom is 0.119 e. The molecule has 0 bridgehead atoms. The molecule has 2 rings (SSSR count). The largest absolute Gasteiger partial charge is 0.494 e. The second kappa shape index (κ2) is 6.90. The van der Waals surface area contributed by atoms with Crippen molar-refractivity contribution in [3.63, 3.8) is 0 Å². The van der Waals surface area contributed by atoms with Crippen LogP contribution in [-0.2, 0) is 0 Å². The first-order valence-electron chi connectivity index (χ1n) is 7.04. The Morgan fingerprint density at radius 2 is 1.90 bits per heavy atom. The van der Waals surface area contributed by atoms with Crippen molar-refractivity contribution in [2.45, 2.75) is 27.2 Å². The summed E-state index contributed by atoms with van der Waals surface area (Å²) >= 11 is 0. The first-order valence-corrected chi connectivity index (χ1v) is 7.04. The zero-order valence-corrected chi connectivity index (χ0v) is 12.4. The minimum atomic E-state index is 0.748. The third-order valence-electron chi connectivity index (χ3n) is 3.26. The molecule has 0 saturated carbocycles. The maximum atomic E-state index is 5.63. The second-order valence-electron chi connectivity index (χ2n) is 4.90. The molecule has 0 spiro atoms. The fraction of sp³-hybridized carbons (Fsp3) is 0.278. The molecule has 0 heterocycles. The van der Waals surface area contributed by atoms with Gasteiger partial charge in [0.1, 0.15) is 5.75 Å². The molecule has 104 valence electrons. The van der Waals surface area contributed by atoms with Crippen LogP contribution in [0.4, 0.5) is 5.69 Å². The van der Waals surface area contributed by atoms with Gasteiger partial charge in [0.25, 0.3) is 0 Å². The Labute approximate surface area is 121 Å². The number of hydrogen-bond acceptors (Lipinski definition) is 2. The van der Waals surface area contributed by atoms with Gasteiger partial charge in [-0.1, -0.05) is 31.2 Å². The summed E-state index contributed by atoms with van der Waals surface area (Å²) in [4.78, 5) is 4.58. The molecular weight excluding hydrogens is 246 g/mol. The highest BCUT2D eigenvalue weighted by atomic mass is 16.5. The topological polar surface area (TPSA) is 21.6 Å². The van der Waals surface area contributed by atoms with Crippen molar-refractivity contribution < 1.29 is 4.74 Å². The lowest BCUT2D eigenvalue weighted by Gasteiger charge is -2.05. The number of rotatable bonds is 5. The van der Waals surface area contributed by atoms with E-state index in [2.05, 4.69) is 31.8 Å². The number of benzene rings is 2. The fourth-order valence-corrected chi connectivity index (χ4v) is 1.92. The van der Waals surface area contributed by atoms with Crippen LogP contribution in [0, 0.1) is 13.8 Å². The van der Waals surface area contributed by atoms with E-state index in [1.54, 1.807) is 0 Å². The van der Waals surface area contributed by atoms with E-state index in [1.165, 1.54) is 11.1 Å². The third-order valence-corrected chi connectivity index (χ3v) is 3.26. The molecule has 20 heavy (non-hydrogen) atoms. The second-order valence-corrected chi connectivity index (χ2v) is 4.90. The standard InChI is InChI=1S/C18H21NO/c1-4-11-20-17-9-6-8-16(12-17)13-19-18-10-5-7-14(2)15(18)3/h5-10,12-13H,4,11H2,1-3H3. The van der Waals surface area contributed by atoms with Crippen molar-refractivity contribution in [1.82, 2.24) is 0 Å². The lowest BCUT2D eigenvalue weighted by Crippen LogP contribution is -1.95. The molecule has 0 amide bonds. The van der Waals surface area contributed by atoms with E-state index in [0.717, 1.165) is 30.0 Å². The van der Waals surface area contributed by atoms with Crippen LogP contribution < -0.4 is 4.74 Å². The van der Waals surface area contributed by atoms with Crippen LogP contribution in [0.5, 0.6) is 5.75 Å². The summed E-state index contributed by atoms with van der Waals surface area (Å²) in [6, 6.07) is 14.2. The number of aryl methyl sites for hydroxylation is 1. The molecule has 0 aliphatic carbocycles. The van der Waals surface area contributed by atoms with Crippen molar-refractivity contribution in [1.29, 1.82) is 0 Å². The van der Waals surface area contributed by atoms with Gasteiger partial charge in [-0.05, 0) is 55.2 Å². The van der Waals surface area contributed by atoms with Gasteiger partial charge in [0.05, 0.1) is 12.3 Å². The maximum absolute atomic E-state index is 5.63. The number of ether oxygens (including phenoxy) is 1. The lowest BCUT2D eigenvalue weighted by molar-refractivity contribution is 0.317. The lowest BCUT2D eigenvalue weighted by atomic mass is 10.1. The molecule has 0 aromatic heterocycles. The Bertz CT molecular complexity index is 602. The Morgan fingerprint density at radius 3 is 2.70 bits per heavy atom. The summed E-state index contributed by atoms with van der Waals surface area (Å²) in [6.45, 7) is 7.06. The molecule has 0 N–H and O–H groups in total. The first-order chi connectivity index (χ1) is 9.70. The summed E-state index contributed by atoms with van der Waals surface area (Å²) in [5, 5.41) is 0. The monoisotopic (exact) mass is 267 g/mol. The molecule has 0 atom stereocenters.